The maximum atomic E-state index is 12.6. The van der Waals surface area contributed by atoms with Crippen molar-refractivity contribution >= 4 is 12.0 Å². The van der Waals surface area contributed by atoms with Gasteiger partial charge in [-0.3, -0.25) is 0 Å². The number of hydrogen-bond donors (Lipinski definition) is 2. The standard InChI is InChI=1S/C24H24N4O4/c1-4-32-18-12-10-16(11-13-18)21-19(14-28(27-21)17-8-6-5-7-9-17)22-20(23(29)31-3)15(2)25-24(30)26-22/h5-14,22H,4H2,1-3H3,(H2,25,26,30)/t22-/m0/s1. The fourth-order valence-electron chi connectivity index (χ4n) is 3.72. The van der Waals surface area contributed by atoms with Crippen molar-refractivity contribution in [1.29, 1.82) is 0 Å². The number of benzene rings is 2. The van der Waals surface area contributed by atoms with Gasteiger partial charge in [-0.05, 0) is 50.2 Å². The smallest absolute Gasteiger partial charge is 0.337 e. The third-order valence-electron chi connectivity index (χ3n) is 5.19. The lowest BCUT2D eigenvalue weighted by atomic mass is 9.94. The summed E-state index contributed by atoms with van der Waals surface area (Å²) in [4.78, 5) is 24.9. The van der Waals surface area contributed by atoms with Crippen molar-refractivity contribution in [2.75, 3.05) is 13.7 Å². The normalized spacial score (nSPS) is 15.7. The monoisotopic (exact) mass is 432 g/mol. The maximum absolute atomic E-state index is 12.6. The zero-order valence-electron chi connectivity index (χ0n) is 18.1. The van der Waals surface area contributed by atoms with Crippen molar-refractivity contribution in [2.45, 2.75) is 19.9 Å². The van der Waals surface area contributed by atoms with Crippen LogP contribution in [0.15, 0.2) is 72.1 Å². The van der Waals surface area contributed by atoms with Gasteiger partial charge >= 0.3 is 12.0 Å². The Bertz CT molecular complexity index is 1170. The first-order chi connectivity index (χ1) is 15.5. The summed E-state index contributed by atoms with van der Waals surface area (Å²) in [5.41, 5.74) is 3.76. The molecule has 8 heteroatoms. The fourth-order valence-corrected chi connectivity index (χ4v) is 3.72. The molecule has 1 atom stereocenters. The molecule has 1 aliphatic rings. The Kier molecular flexibility index (Phi) is 5.93. The van der Waals surface area contributed by atoms with Gasteiger partial charge in [0, 0.05) is 23.0 Å². The minimum Gasteiger partial charge on any atom is -0.494 e. The molecule has 3 aromatic rings. The van der Waals surface area contributed by atoms with E-state index in [0.29, 0.717) is 29.1 Å². The average molecular weight is 432 g/mol. The van der Waals surface area contributed by atoms with Crippen molar-refractivity contribution < 1.29 is 19.1 Å². The number of para-hydroxylation sites is 1. The molecule has 0 saturated heterocycles. The lowest BCUT2D eigenvalue weighted by Gasteiger charge is -2.27. The second kappa shape index (κ2) is 8.97. The molecule has 1 aromatic heterocycles. The molecule has 0 unspecified atom stereocenters. The predicted octanol–water partition coefficient (Wildman–Crippen LogP) is 3.74. The van der Waals surface area contributed by atoms with E-state index in [1.807, 2.05) is 67.7 Å². The summed E-state index contributed by atoms with van der Waals surface area (Å²) in [5, 5.41) is 10.3. The van der Waals surface area contributed by atoms with Gasteiger partial charge in [0.2, 0.25) is 0 Å². The summed E-state index contributed by atoms with van der Waals surface area (Å²) in [6, 6.07) is 16.1. The first kappa shape index (κ1) is 21.2. The van der Waals surface area contributed by atoms with Gasteiger partial charge in [0.15, 0.2) is 0 Å². The van der Waals surface area contributed by atoms with E-state index in [-0.39, 0.29) is 0 Å². The van der Waals surface area contributed by atoms with Crippen LogP contribution in [-0.2, 0) is 9.53 Å². The Morgan fingerprint density at radius 1 is 1.12 bits per heavy atom. The number of urea groups is 1. The third kappa shape index (κ3) is 4.07. The number of carbonyl (C=O) groups is 2. The quantitative estimate of drug-likeness (QED) is 0.579. The van der Waals surface area contributed by atoms with Crippen molar-refractivity contribution in [3.63, 3.8) is 0 Å². The summed E-state index contributed by atoms with van der Waals surface area (Å²) >= 11 is 0. The number of allylic oxidation sites excluding steroid dienone is 1. The van der Waals surface area contributed by atoms with Gasteiger partial charge in [0.05, 0.1) is 36.7 Å². The summed E-state index contributed by atoms with van der Waals surface area (Å²) < 4.78 is 12.3. The molecule has 32 heavy (non-hydrogen) atoms. The largest absolute Gasteiger partial charge is 0.494 e. The van der Waals surface area contributed by atoms with Crippen molar-refractivity contribution in [3.8, 4) is 22.7 Å². The Morgan fingerprint density at radius 2 is 1.84 bits per heavy atom. The van der Waals surface area contributed by atoms with Crippen LogP contribution in [0.3, 0.4) is 0 Å². The zero-order chi connectivity index (χ0) is 22.7. The zero-order valence-corrected chi connectivity index (χ0v) is 18.1. The van der Waals surface area contributed by atoms with E-state index in [2.05, 4.69) is 10.6 Å². The van der Waals surface area contributed by atoms with E-state index in [1.165, 1.54) is 7.11 Å². The van der Waals surface area contributed by atoms with Crippen LogP contribution in [-0.4, -0.2) is 35.5 Å². The Morgan fingerprint density at radius 3 is 2.50 bits per heavy atom. The molecule has 164 valence electrons. The van der Waals surface area contributed by atoms with Crippen LogP contribution >= 0.6 is 0 Å². The number of nitrogens with zero attached hydrogens (tertiary/aromatic N) is 2. The molecule has 0 aliphatic carbocycles. The van der Waals surface area contributed by atoms with Crippen molar-refractivity contribution in [1.82, 2.24) is 20.4 Å². The van der Waals surface area contributed by atoms with Gasteiger partial charge in [-0.2, -0.15) is 5.10 Å². The number of esters is 1. The molecular formula is C24H24N4O4. The van der Waals surface area contributed by atoms with Gasteiger partial charge in [0.25, 0.3) is 0 Å². The van der Waals surface area contributed by atoms with E-state index in [0.717, 1.165) is 17.0 Å². The molecule has 8 nitrogen and oxygen atoms in total. The van der Waals surface area contributed by atoms with Crippen LogP contribution in [0, 0.1) is 0 Å². The molecule has 1 aliphatic heterocycles. The number of ether oxygens (including phenoxy) is 2. The summed E-state index contributed by atoms with van der Waals surface area (Å²) in [6.45, 7) is 4.17. The molecular weight excluding hydrogens is 408 g/mol. The van der Waals surface area contributed by atoms with E-state index >= 15 is 0 Å². The Hall–Kier alpha value is -4.07. The highest BCUT2D eigenvalue weighted by Gasteiger charge is 2.35. The highest BCUT2D eigenvalue weighted by Crippen LogP contribution is 2.35. The highest BCUT2D eigenvalue weighted by molar-refractivity contribution is 5.95. The van der Waals surface area contributed by atoms with Crippen LogP contribution in [0.4, 0.5) is 4.79 Å². The second-order valence-corrected chi connectivity index (χ2v) is 7.23. The molecule has 0 saturated carbocycles. The third-order valence-corrected chi connectivity index (χ3v) is 5.19. The van der Waals surface area contributed by atoms with Crippen LogP contribution in [0.25, 0.3) is 16.9 Å². The minimum absolute atomic E-state index is 0.326. The molecule has 0 fully saturated rings. The average Bonchev–Trinajstić information content (AvgIpc) is 3.25. The van der Waals surface area contributed by atoms with Gasteiger partial charge < -0.3 is 20.1 Å². The van der Waals surface area contributed by atoms with Crippen LogP contribution in [0.5, 0.6) is 5.75 Å². The fraction of sp³-hybridized carbons (Fsp3) is 0.208. The van der Waals surface area contributed by atoms with E-state index in [4.69, 9.17) is 14.6 Å². The molecule has 0 radical (unpaired) electrons. The lowest BCUT2D eigenvalue weighted by molar-refractivity contribution is -0.136. The molecule has 4 rings (SSSR count). The van der Waals surface area contributed by atoms with Crippen molar-refractivity contribution in [3.05, 3.63) is 77.6 Å². The summed E-state index contributed by atoms with van der Waals surface area (Å²) in [5.74, 6) is 0.228. The van der Waals surface area contributed by atoms with E-state index < -0.39 is 18.0 Å². The first-order valence-electron chi connectivity index (χ1n) is 10.3. The highest BCUT2D eigenvalue weighted by atomic mass is 16.5. The van der Waals surface area contributed by atoms with Crippen LogP contribution in [0.2, 0.25) is 0 Å². The maximum Gasteiger partial charge on any atom is 0.337 e. The van der Waals surface area contributed by atoms with Gasteiger partial charge in [-0.1, -0.05) is 18.2 Å². The number of rotatable bonds is 6. The molecule has 0 bridgehead atoms. The molecule has 0 spiro atoms. The molecule has 2 heterocycles. The number of hydrogen-bond acceptors (Lipinski definition) is 5. The number of nitrogens with one attached hydrogen (secondary N) is 2. The first-order valence-corrected chi connectivity index (χ1v) is 10.3. The summed E-state index contributed by atoms with van der Waals surface area (Å²) in [6.07, 6.45) is 1.83. The Labute approximate surface area is 185 Å². The molecule has 2 N–H and O–H groups in total. The number of amides is 2. The number of carbonyl (C=O) groups excluding carboxylic acids is 2. The number of methoxy groups -OCH3 is 1. The lowest BCUT2D eigenvalue weighted by Crippen LogP contribution is -2.45. The molecule has 2 amide bonds. The van der Waals surface area contributed by atoms with Gasteiger partial charge in [-0.15, -0.1) is 0 Å². The van der Waals surface area contributed by atoms with E-state index in [1.54, 1.807) is 11.6 Å². The molecule has 2 aromatic carbocycles. The minimum atomic E-state index is -0.727. The second-order valence-electron chi connectivity index (χ2n) is 7.23. The SMILES string of the molecule is CCOc1ccc(-c2nn(-c3ccccc3)cc2[C@@H]2NC(=O)NC(C)=C2C(=O)OC)cc1. The van der Waals surface area contributed by atoms with Gasteiger partial charge in [0.1, 0.15) is 5.75 Å². The predicted molar refractivity (Wildman–Crippen MR) is 119 cm³/mol. The van der Waals surface area contributed by atoms with Crippen LogP contribution in [0.1, 0.15) is 25.5 Å². The van der Waals surface area contributed by atoms with Crippen molar-refractivity contribution in [2.24, 2.45) is 0 Å². The Balaban J connectivity index is 1.88. The topological polar surface area (TPSA) is 94.5 Å². The van der Waals surface area contributed by atoms with Crippen LogP contribution < -0.4 is 15.4 Å². The number of aromatic nitrogens is 2. The summed E-state index contributed by atoms with van der Waals surface area (Å²) in [7, 11) is 1.32. The van der Waals surface area contributed by atoms with Gasteiger partial charge in [-0.25, -0.2) is 14.3 Å². The van der Waals surface area contributed by atoms with E-state index in [9.17, 15) is 9.59 Å².